The second-order valence-electron chi connectivity index (χ2n) is 8.10. The van der Waals surface area contributed by atoms with Crippen molar-refractivity contribution in [2.24, 2.45) is 11.8 Å². The number of thioether (sulfide) groups is 1. The van der Waals surface area contributed by atoms with Crippen LogP contribution in [-0.2, 0) is 14.4 Å². The topological polar surface area (TPSA) is 148 Å². The summed E-state index contributed by atoms with van der Waals surface area (Å²) >= 11 is 1.46. The quantitative estimate of drug-likeness (QED) is 0.275. The van der Waals surface area contributed by atoms with Crippen LogP contribution in [0.25, 0.3) is 0 Å². The number of aliphatic hydroxyl groups excluding tert-OH is 1. The number of aliphatic carboxylic acids is 1. The Morgan fingerprint density at radius 1 is 1.34 bits per heavy atom. The predicted molar refractivity (Wildman–Crippen MR) is 102 cm³/mol. The molecule has 10 nitrogen and oxygen atoms in total. The van der Waals surface area contributed by atoms with E-state index in [0.717, 1.165) is 0 Å². The number of β-lactam (4-membered cyclic amide) rings is 1. The molecule has 1 unspecified atom stereocenters. The minimum atomic E-state index is -1.13. The zero-order valence-corrected chi connectivity index (χ0v) is 16.9. The molecule has 0 aromatic carbocycles. The number of nitrogens with zero attached hydrogens (tertiary/aromatic N) is 1. The van der Waals surface area contributed by atoms with Crippen molar-refractivity contribution in [2.75, 3.05) is 6.54 Å². The Morgan fingerprint density at radius 2 is 2.07 bits per heavy atom. The van der Waals surface area contributed by atoms with Gasteiger partial charge in [-0.2, -0.15) is 0 Å². The molecule has 158 valence electrons. The first-order chi connectivity index (χ1) is 13.7. The number of imide groups is 1. The highest BCUT2D eigenvalue weighted by atomic mass is 32.2. The number of carbonyl (C=O) groups is 4. The van der Waals surface area contributed by atoms with E-state index in [9.17, 15) is 29.4 Å². The molecule has 0 spiro atoms. The van der Waals surface area contributed by atoms with Gasteiger partial charge in [-0.15, -0.1) is 11.8 Å². The lowest BCUT2D eigenvalue weighted by atomic mass is 9.79. The number of nitrogens with one attached hydrogen (secondary N) is 3. The number of hydrogen-bond donors (Lipinski definition) is 5. The lowest BCUT2D eigenvalue weighted by Gasteiger charge is -2.46. The number of amides is 4. The molecule has 0 bridgehead atoms. The van der Waals surface area contributed by atoms with Crippen LogP contribution in [0, 0.1) is 11.8 Å². The number of carbonyl (C=O) groups excluding carboxylic acids is 3. The molecular weight excluding hydrogens is 400 g/mol. The minimum absolute atomic E-state index is 0.0242. The third-order valence-electron chi connectivity index (χ3n) is 6.17. The van der Waals surface area contributed by atoms with Crippen molar-refractivity contribution in [1.29, 1.82) is 0 Å². The van der Waals surface area contributed by atoms with Gasteiger partial charge in [0.15, 0.2) is 0 Å². The van der Waals surface area contributed by atoms with Gasteiger partial charge in [-0.1, -0.05) is 6.92 Å². The standard InChI is InChI=1S/C18H24N4O6S/c1-6-12-11(7(2)23)16(25)22(12)13(17(26)27)14(6)29-9-3-8(19-5-9)4-10-15(24)21-18(28)20-10/h6-12,19,23H,3-5H2,1-2H3,(H,26,27)(H2,20,21,24,28)/t6-,7-,8+,9+,10?,11-,12-/m1/s1. The van der Waals surface area contributed by atoms with Gasteiger partial charge in [-0.3, -0.25) is 14.9 Å². The smallest absolute Gasteiger partial charge is 0.353 e. The summed E-state index contributed by atoms with van der Waals surface area (Å²) in [5, 5.41) is 27.9. The Morgan fingerprint density at radius 3 is 2.66 bits per heavy atom. The van der Waals surface area contributed by atoms with Crippen LogP contribution in [0.15, 0.2) is 10.6 Å². The Bertz CT molecular complexity index is 814. The van der Waals surface area contributed by atoms with Crippen LogP contribution >= 0.6 is 11.8 Å². The molecule has 0 aromatic heterocycles. The van der Waals surface area contributed by atoms with Crippen molar-refractivity contribution in [2.45, 2.75) is 56.2 Å². The van der Waals surface area contributed by atoms with Crippen molar-refractivity contribution in [3.8, 4) is 0 Å². The summed E-state index contributed by atoms with van der Waals surface area (Å²) in [7, 11) is 0. The van der Waals surface area contributed by atoms with Gasteiger partial charge in [-0.25, -0.2) is 9.59 Å². The van der Waals surface area contributed by atoms with Gasteiger partial charge in [0.2, 0.25) is 5.91 Å². The van der Waals surface area contributed by atoms with Crippen molar-refractivity contribution >= 4 is 35.6 Å². The lowest BCUT2D eigenvalue weighted by Crippen LogP contribution is -2.63. The number of carboxylic acid groups (broad SMARTS) is 1. The maximum absolute atomic E-state index is 12.4. The molecule has 5 N–H and O–H groups in total. The molecule has 0 saturated carbocycles. The second-order valence-corrected chi connectivity index (χ2v) is 9.45. The van der Waals surface area contributed by atoms with Gasteiger partial charge in [-0.05, 0) is 19.8 Å². The van der Waals surface area contributed by atoms with Crippen molar-refractivity contribution in [1.82, 2.24) is 20.9 Å². The average molecular weight is 424 g/mol. The highest BCUT2D eigenvalue weighted by Crippen LogP contribution is 2.51. The van der Waals surface area contributed by atoms with E-state index >= 15 is 0 Å². The zero-order chi connectivity index (χ0) is 21.0. The highest BCUT2D eigenvalue weighted by molar-refractivity contribution is 8.03. The van der Waals surface area contributed by atoms with Gasteiger partial charge >= 0.3 is 12.0 Å². The summed E-state index contributed by atoms with van der Waals surface area (Å²) in [5.74, 6) is -2.54. The zero-order valence-electron chi connectivity index (χ0n) is 16.0. The van der Waals surface area contributed by atoms with Gasteiger partial charge < -0.3 is 25.7 Å². The van der Waals surface area contributed by atoms with E-state index in [1.807, 2.05) is 6.92 Å². The maximum atomic E-state index is 12.4. The van der Waals surface area contributed by atoms with Crippen LogP contribution in [-0.4, -0.2) is 75.0 Å². The molecule has 0 aliphatic carbocycles. The summed E-state index contributed by atoms with van der Waals surface area (Å²) < 4.78 is 0. The van der Waals surface area contributed by atoms with Gasteiger partial charge in [0.1, 0.15) is 11.7 Å². The van der Waals surface area contributed by atoms with Crippen LogP contribution in [0.1, 0.15) is 26.7 Å². The Labute approximate surface area is 171 Å². The number of aliphatic hydroxyl groups is 1. The van der Waals surface area contributed by atoms with E-state index in [0.29, 0.717) is 24.3 Å². The summed E-state index contributed by atoms with van der Waals surface area (Å²) in [4.78, 5) is 49.3. The van der Waals surface area contributed by atoms with Crippen molar-refractivity contribution in [3.05, 3.63) is 10.6 Å². The summed E-state index contributed by atoms with van der Waals surface area (Å²) in [5.41, 5.74) is 0.0280. The van der Waals surface area contributed by atoms with Gasteiger partial charge in [0.25, 0.3) is 5.91 Å². The van der Waals surface area contributed by atoms with Crippen molar-refractivity contribution < 1.29 is 29.4 Å². The SMILES string of the molecule is C[C@@H](O)[C@H]1C(=O)N2C(C(=O)O)=C(S[C@@H]3CN[C@H](CC4NC(=O)NC4=O)C3)[C@H](C)[C@H]12. The lowest BCUT2D eigenvalue weighted by molar-refractivity contribution is -0.163. The van der Waals surface area contributed by atoms with E-state index in [1.54, 1.807) is 6.92 Å². The average Bonchev–Trinajstić information content (AvgIpc) is 3.26. The van der Waals surface area contributed by atoms with E-state index < -0.39 is 30.1 Å². The summed E-state index contributed by atoms with van der Waals surface area (Å²) in [6, 6.07) is -1.34. The van der Waals surface area contributed by atoms with Crippen LogP contribution in [0.5, 0.6) is 0 Å². The van der Waals surface area contributed by atoms with Crippen LogP contribution in [0.3, 0.4) is 0 Å². The number of hydrogen-bond acceptors (Lipinski definition) is 7. The van der Waals surface area contributed by atoms with E-state index in [2.05, 4.69) is 16.0 Å². The molecule has 4 aliphatic heterocycles. The van der Waals surface area contributed by atoms with Crippen LogP contribution in [0.2, 0.25) is 0 Å². The normalized spacial score (nSPS) is 37.3. The first kappa shape index (κ1) is 20.2. The molecule has 3 fully saturated rings. The Kier molecular flexibility index (Phi) is 5.07. The number of carboxylic acids is 1. The molecule has 4 rings (SSSR count). The highest BCUT2D eigenvalue weighted by Gasteiger charge is 2.60. The maximum Gasteiger partial charge on any atom is 0.353 e. The molecule has 0 aromatic rings. The van der Waals surface area contributed by atoms with Crippen molar-refractivity contribution in [3.63, 3.8) is 0 Å². The molecule has 3 saturated heterocycles. The summed E-state index contributed by atoms with van der Waals surface area (Å²) in [6.07, 6.45) is 0.356. The molecule has 0 radical (unpaired) electrons. The monoisotopic (exact) mass is 424 g/mol. The molecule has 7 atom stereocenters. The van der Waals surface area contributed by atoms with E-state index in [1.165, 1.54) is 16.7 Å². The number of fused-ring (bicyclic) bond motifs is 1. The molecular formula is C18H24N4O6S. The number of rotatable bonds is 6. The molecule has 4 heterocycles. The van der Waals surface area contributed by atoms with E-state index in [-0.39, 0.29) is 40.8 Å². The molecule has 4 amide bonds. The van der Waals surface area contributed by atoms with Gasteiger partial charge in [0, 0.05) is 28.7 Å². The molecule has 29 heavy (non-hydrogen) atoms. The first-order valence-corrected chi connectivity index (χ1v) is 10.6. The minimum Gasteiger partial charge on any atom is -0.477 e. The third-order valence-corrected chi connectivity index (χ3v) is 7.68. The third kappa shape index (κ3) is 3.30. The Balaban J connectivity index is 1.44. The second kappa shape index (κ2) is 7.29. The van der Waals surface area contributed by atoms with Crippen LogP contribution < -0.4 is 16.0 Å². The molecule has 11 heteroatoms. The van der Waals surface area contributed by atoms with Crippen LogP contribution in [0.4, 0.5) is 4.79 Å². The summed E-state index contributed by atoms with van der Waals surface area (Å²) in [6.45, 7) is 4.09. The Hall–Kier alpha value is -2.11. The van der Waals surface area contributed by atoms with E-state index in [4.69, 9.17) is 0 Å². The largest absolute Gasteiger partial charge is 0.477 e. The predicted octanol–water partition coefficient (Wildman–Crippen LogP) is -0.798. The number of urea groups is 1. The first-order valence-electron chi connectivity index (χ1n) is 9.69. The molecule has 4 aliphatic rings. The fourth-order valence-electron chi connectivity index (χ4n) is 4.82. The fraction of sp³-hybridized carbons (Fsp3) is 0.667. The fourth-order valence-corrected chi connectivity index (χ4v) is 6.34. The van der Waals surface area contributed by atoms with Gasteiger partial charge in [0.05, 0.1) is 18.1 Å².